The second kappa shape index (κ2) is 8.11. The molecule has 1 N–H and O–H groups in total. The van der Waals surface area contributed by atoms with Crippen LogP contribution in [0.2, 0.25) is 0 Å². The average Bonchev–Trinajstić information content (AvgIpc) is 3.41. The minimum absolute atomic E-state index is 0.106. The summed E-state index contributed by atoms with van der Waals surface area (Å²) >= 11 is 0. The standard InChI is InChI=1S/C23H24N2O6/c1-14(26)16-10-21-22(31-13-30-21)11-17(16)24-23(27)12-25-6-2-3-18(25)15-4-5-19-20(9-15)29-8-7-28-19/h4-5,9-11,18H,2-3,6-8,12-13H2,1H3,(H,24,27)/t18-/m1/s1. The third kappa shape index (κ3) is 3.90. The number of fused-ring (bicyclic) bond motifs is 2. The van der Waals surface area contributed by atoms with Gasteiger partial charge in [0.15, 0.2) is 28.8 Å². The summed E-state index contributed by atoms with van der Waals surface area (Å²) in [5, 5.41) is 2.89. The van der Waals surface area contributed by atoms with Gasteiger partial charge in [0.1, 0.15) is 13.2 Å². The van der Waals surface area contributed by atoms with Crippen molar-refractivity contribution in [1.29, 1.82) is 0 Å². The Morgan fingerprint density at radius 2 is 1.74 bits per heavy atom. The number of ether oxygens (including phenoxy) is 4. The lowest BCUT2D eigenvalue weighted by molar-refractivity contribution is -0.117. The molecule has 8 nitrogen and oxygen atoms in total. The van der Waals surface area contributed by atoms with Crippen molar-refractivity contribution in [3.63, 3.8) is 0 Å². The number of benzene rings is 2. The maximum atomic E-state index is 12.9. The van der Waals surface area contributed by atoms with Crippen LogP contribution in [0.4, 0.5) is 5.69 Å². The zero-order valence-electron chi connectivity index (χ0n) is 17.3. The van der Waals surface area contributed by atoms with Crippen LogP contribution in [0.5, 0.6) is 23.0 Å². The molecule has 162 valence electrons. The van der Waals surface area contributed by atoms with E-state index >= 15 is 0 Å². The molecule has 0 unspecified atom stereocenters. The molecule has 0 radical (unpaired) electrons. The molecule has 1 saturated heterocycles. The number of nitrogens with zero attached hydrogens (tertiary/aromatic N) is 1. The Labute approximate surface area is 180 Å². The number of ketones is 1. The van der Waals surface area contributed by atoms with Gasteiger partial charge < -0.3 is 24.3 Å². The van der Waals surface area contributed by atoms with Crippen LogP contribution in [0.15, 0.2) is 30.3 Å². The predicted molar refractivity (Wildman–Crippen MR) is 112 cm³/mol. The van der Waals surface area contributed by atoms with Crippen molar-refractivity contribution in [3.05, 3.63) is 41.5 Å². The number of carbonyl (C=O) groups excluding carboxylic acids is 2. The summed E-state index contributed by atoms with van der Waals surface area (Å²) in [6.07, 6.45) is 1.98. The Morgan fingerprint density at radius 3 is 2.55 bits per heavy atom. The summed E-state index contributed by atoms with van der Waals surface area (Å²) in [5.74, 6) is 2.23. The summed E-state index contributed by atoms with van der Waals surface area (Å²) < 4.78 is 22.1. The first-order chi connectivity index (χ1) is 15.1. The van der Waals surface area contributed by atoms with E-state index in [1.807, 2.05) is 18.2 Å². The normalized spacial score (nSPS) is 19.3. The van der Waals surface area contributed by atoms with Crippen molar-refractivity contribution in [3.8, 4) is 23.0 Å². The fourth-order valence-corrected chi connectivity index (χ4v) is 4.37. The van der Waals surface area contributed by atoms with Crippen LogP contribution in [0, 0.1) is 0 Å². The molecule has 1 atom stereocenters. The Kier molecular flexibility index (Phi) is 5.15. The number of likely N-dealkylation sites (tertiary alicyclic amines) is 1. The third-order valence-corrected chi connectivity index (χ3v) is 5.83. The Hall–Kier alpha value is -3.26. The van der Waals surface area contributed by atoms with E-state index in [-0.39, 0.29) is 31.1 Å². The Morgan fingerprint density at radius 1 is 1.00 bits per heavy atom. The molecule has 1 fully saturated rings. The first-order valence-corrected chi connectivity index (χ1v) is 10.5. The molecule has 3 heterocycles. The smallest absolute Gasteiger partial charge is 0.238 e. The second-order valence-corrected chi connectivity index (χ2v) is 7.89. The van der Waals surface area contributed by atoms with Crippen LogP contribution < -0.4 is 24.3 Å². The van der Waals surface area contributed by atoms with Crippen molar-refractivity contribution in [2.24, 2.45) is 0 Å². The maximum Gasteiger partial charge on any atom is 0.238 e. The van der Waals surface area contributed by atoms with Gasteiger partial charge in [-0.05, 0) is 50.1 Å². The highest BCUT2D eigenvalue weighted by Crippen LogP contribution is 2.39. The molecule has 2 aromatic carbocycles. The molecule has 0 aromatic heterocycles. The van der Waals surface area contributed by atoms with Gasteiger partial charge in [0.05, 0.1) is 12.2 Å². The fourth-order valence-electron chi connectivity index (χ4n) is 4.37. The van der Waals surface area contributed by atoms with Crippen LogP contribution >= 0.6 is 0 Å². The van der Waals surface area contributed by atoms with Crippen molar-refractivity contribution in [1.82, 2.24) is 4.90 Å². The summed E-state index contributed by atoms with van der Waals surface area (Å²) in [7, 11) is 0. The van der Waals surface area contributed by atoms with E-state index in [1.54, 1.807) is 12.1 Å². The lowest BCUT2D eigenvalue weighted by atomic mass is 10.0. The topological polar surface area (TPSA) is 86.3 Å². The molecule has 3 aliphatic heterocycles. The van der Waals surface area contributed by atoms with Crippen molar-refractivity contribution in [2.45, 2.75) is 25.8 Å². The third-order valence-electron chi connectivity index (χ3n) is 5.83. The van der Waals surface area contributed by atoms with E-state index in [0.717, 1.165) is 36.4 Å². The van der Waals surface area contributed by atoms with Gasteiger partial charge in [-0.3, -0.25) is 14.5 Å². The van der Waals surface area contributed by atoms with Gasteiger partial charge in [0, 0.05) is 17.7 Å². The van der Waals surface area contributed by atoms with Gasteiger partial charge in [0.25, 0.3) is 0 Å². The Bertz CT molecular complexity index is 1040. The van der Waals surface area contributed by atoms with Crippen molar-refractivity contribution in [2.75, 3.05) is 38.4 Å². The lowest BCUT2D eigenvalue weighted by Gasteiger charge is -2.26. The Balaban J connectivity index is 1.31. The molecule has 0 saturated carbocycles. The minimum atomic E-state index is -0.175. The molecule has 0 bridgehead atoms. The average molecular weight is 424 g/mol. The van der Waals surface area contributed by atoms with Crippen LogP contribution in [0.25, 0.3) is 0 Å². The number of nitrogens with one attached hydrogen (secondary N) is 1. The van der Waals surface area contributed by atoms with Gasteiger partial charge in [-0.15, -0.1) is 0 Å². The maximum absolute atomic E-state index is 12.9. The number of anilines is 1. The number of Topliss-reactive ketones (excluding diaryl/α,β-unsaturated/α-hetero) is 1. The number of rotatable bonds is 5. The number of amides is 1. The molecule has 2 aromatic rings. The number of carbonyl (C=O) groups is 2. The van der Waals surface area contributed by atoms with Crippen molar-refractivity contribution >= 4 is 17.4 Å². The molecular weight excluding hydrogens is 400 g/mol. The van der Waals surface area contributed by atoms with Crippen LogP contribution in [-0.2, 0) is 4.79 Å². The van der Waals surface area contributed by atoms with E-state index in [9.17, 15) is 9.59 Å². The van der Waals surface area contributed by atoms with Gasteiger partial charge >= 0.3 is 0 Å². The molecular formula is C23H24N2O6. The van der Waals surface area contributed by atoms with E-state index in [0.29, 0.717) is 36.0 Å². The summed E-state index contributed by atoms with van der Waals surface area (Å²) in [5.41, 5.74) is 1.96. The van der Waals surface area contributed by atoms with Gasteiger partial charge in [-0.2, -0.15) is 0 Å². The fraction of sp³-hybridized carbons (Fsp3) is 0.391. The molecule has 0 aliphatic carbocycles. The quantitative estimate of drug-likeness (QED) is 0.738. The first-order valence-electron chi connectivity index (χ1n) is 10.5. The molecule has 5 rings (SSSR count). The van der Waals surface area contributed by atoms with E-state index < -0.39 is 0 Å². The summed E-state index contributed by atoms with van der Waals surface area (Å²) in [6, 6.07) is 9.39. The zero-order valence-corrected chi connectivity index (χ0v) is 17.3. The molecule has 8 heteroatoms. The summed E-state index contributed by atoms with van der Waals surface area (Å²) in [6.45, 7) is 3.73. The SMILES string of the molecule is CC(=O)c1cc2c(cc1NC(=O)CN1CCC[C@@H]1c1ccc3c(c1)OCCO3)OCO2. The van der Waals surface area contributed by atoms with Crippen LogP contribution in [0.3, 0.4) is 0 Å². The van der Waals surface area contributed by atoms with Crippen LogP contribution in [-0.4, -0.2) is 49.7 Å². The monoisotopic (exact) mass is 424 g/mol. The van der Waals surface area contributed by atoms with Gasteiger partial charge in [0.2, 0.25) is 12.7 Å². The van der Waals surface area contributed by atoms with Gasteiger partial charge in [-0.25, -0.2) is 0 Å². The lowest BCUT2D eigenvalue weighted by Crippen LogP contribution is -2.33. The molecule has 1 amide bonds. The number of hydrogen-bond acceptors (Lipinski definition) is 7. The highest BCUT2D eigenvalue weighted by atomic mass is 16.7. The van der Waals surface area contributed by atoms with Crippen molar-refractivity contribution < 1.29 is 28.5 Å². The van der Waals surface area contributed by atoms with Crippen LogP contribution in [0.1, 0.15) is 41.7 Å². The second-order valence-electron chi connectivity index (χ2n) is 7.89. The van der Waals surface area contributed by atoms with E-state index in [1.165, 1.54) is 6.92 Å². The van der Waals surface area contributed by atoms with E-state index in [2.05, 4.69) is 10.2 Å². The van der Waals surface area contributed by atoms with Gasteiger partial charge in [-0.1, -0.05) is 6.07 Å². The number of hydrogen-bond donors (Lipinski definition) is 1. The minimum Gasteiger partial charge on any atom is -0.486 e. The predicted octanol–water partition coefficient (Wildman–Crippen LogP) is 3.16. The summed E-state index contributed by atoms with van der Waals surface area (Å²) in [4.78, 5) is 27.1. The largest absolute Gasteiger partial charge is 0.486 e. The molecule has 31 heavy (non-hydrogen) atoms. The highest BCUT2D eigenvalue weighted by molar-refractivity contribution is 6.05. The highest BCUT2D eigenvalue weighted by Gasteiger charge is 2.29. The van der Waals surface area contributed by atoms with E-state index in [4.69, 9.17) is 18.9 Å². The molecule has 0 spiro atoms. The zero-order chi connectivity index (χ0) is 21.4. The first kappa shape index (κ1) is 19.7. The molecule has 3 aliphatic rings.